The van der Waals surface area contributed by atoms with Gasteiger partial charge in [0.15, 0.2) is 5.58 Å². The number of hydrogen-bond donors (Lipinski definition) is 2. The average molecular weight is 428 g/mol. The van der Waals surface area contributed by atoms with Crippen LogP contribution in [0.1, 0.15) is 36.1 Å². The number of aliphatic carboxylic acids is 1. The number of piperidine rings is 1. The Bertz CT molecular complexity index is 1240. The number of H-pyrrole nitrogens is 1. The summed E-state index contributed by atoms with van der Waals surface area (Å²) in [4.78, 5) is 17.3. The Hall–Kier alpha value is -2.90. The second-order valence-electron chi connectivity index (χ2n) is 7.69. The van der Waals surface area contributed by atoms with Crippen LogP contribution < -0.4 is 0 Å². The molecule has 2 N–H and O–H groups in total. The number of nitrogens with zero attached hydrogens (tertiary/aromatic N) is 2. The van der Waals surface area contributed by atoms with Crippen molar-refractivity contribution in [2.75, 3.05) is 13.1 Å². The third kappa shape index (κ3) is 3.24. The van der Waals surface area contributed by atoms with E-state index in [-0.39, 0.29) is 11.7 Å². The first kappa shape index (κ1) is 19.1. The largest absolute Gasteiger partial charge is 0.480 e. The van der Waals surface area contributed by atoms with E-state index in [4.69, 9.17) is 16.1 Å². The molecule has 0 bridgehead atoms. The SMILES string of the molecule is O=C(O)C(c1c[nH]c2cc(Cl)ccc12)N1CCC(c2noc3cc(F)ccc23)CC1. The minimum Gasteiger partial charge on any atom is -0.480 e. The van der Waals surface area contributed by atoms with Crippen molar-refractivity contribution >= 4 is 39.4 Å². The van der Waals surface area contributed by atoms with Gasteiger partial charge >= 0.3 is 5.97 Å². The molecule has 1 fully saturated rings. The number of carboxylic acids is 1. The number of aromatic amines is 1. The lowest BCUT2D eigenvalue weighted by molar-refractivity contribution is -0.144. The van der Waals surface area contributed by atoms with Gasteiger partial charge in [-0.2, -0.15) is 0 Å². The average Bonchev–Trinajstić information content (AvgIpc) is 3.32. The molecule has 1 aliphatic heterocycles. The number of nitrogens with one attached hydrogen (secondary N) is 1. The second-order valence-corrected chi connectivity index (χ2v) is 8.13. The highest BCUT2D eigenvalue weighted by atomic mass is 35.5. The molecule has 1 aliphatic rings. The molecule has 1 saturated heterocycles. The third-order valence-corrected chi connectivity index (χ3v) is 6.18. The van der Waals surface area contributed by atoms with E-state index in [1.54, 1.807) is 24.4 Å². The molecule has 0 aliphatic carbocycles. The summed E-state index contributed by atoms with van der Waals surface area (Å²) in [6.45, 7) is 1.22. The fourth-order valence-corrected chi connectivity index (χ4v) is 4.66. The molecular formula is C22H19ClFN3O3. The van der Waals surface area contributed by atoms with E-state index >= 15 is 0 Å². The van der Waals surface area contributed by atoms with Crippen LogP contribution >= 0.6 is 11.6 Å². The predicted molar refractivity (Wildman–Crippen MR) is 111 cm³/mol. The van der Waals surface area contributed by atoms with Crippen molar-refractivity contribution in [2.45, 2.75) is 24.8 Å². The quantitative estimate of drug-likeness (QED) is 0.473. The lowest BCUT2D eigenvalue weighted by Crippen LogP contribution is -2.39. The molecule has 6 nitrogen and oxygen atoms in total. The van der Waals surface area contributed by atoms with Crippen molar-refractivity contribution < 1.29 is 18.8 Å². The molecule has 5 rings (SSSR count). The van der Waals surface area contributed by atoms with Gasteiger partial charge < -0.3 is 14.6 Å². The summed E-state index contributed by atoms with van der Waals surface area (Å²) in [5, 5.41) is 16.4. The summed E-state index contributed by atoms with van der Waals surface area (Å²) in [6.07, 6.45) is 3.25. The molecule has 1 atom stereocenters. The van der Waals surface area contributed by atoms with Crippen molar-refractivity contribution in [1.82, 2.24) is 15.0 Å². The van der Waals surface area contributed by atoms with Gasteiger partial charge in [0.05, 0.1) is 5.69 Å². The van der Waals surface area contributed by atoms with Crippen LogP contribution in [0.3, 0.4) is 0 Å². The zero-order chi connectivity index (χ0) is 20.8. The van der Waals surface area contributed by atoms with E-state index in [0.717, 1.165) is 40.4 Å². The monoisotopic (exact) mass is 427 g/mol. The summed E-state index contributed by atoms with van der Waals surface area (Å²) in [7, 11) is 0. The first-order valence-corrected chi connectivity index (χ1v) is 10.2. The summed E-state index contributed by atoms with van der Waals surface area (Å²) >= 11 is 6.05. The second kappa shape index (κ2) is 7.41. The van der Waals surface area contributed by atoms with Crippen LogP contribution in [0.15, 0.2) is 47.1 Å². The normalized spacial score (nSPS) is 17.0. The van der Waals surface area contributed by atoms with Gasteiger partial charge in [-0.25, -0.2) is 4.39 Å². The number of halogens is 2. The van der Waals surface area contributed by atoms with Crippen molar-refractivity contribution in [3.05, 3.63) is 64.7 Å². The van der Waals surface area contributed by atoms with Crippen LogP contribution in [-0.2, 0) is 4.79 Å². The minimum atomic E-state index is -0.883. The fourth-order valence-electron chi connectivity index (χ4n) is 4.49. The molecule has 4 aromatic rings. The van der Waals surface area contributed by atoms with Gasteiger partial charge in [-0.15, -0.1) is 0 Å². The number of benzene rings is 2. The Labute approximate surface area is 176 Å². The predicted octanol–water partition coefficient (Wildman–Crippen LogP) is 5.11. The number of likely N-dealkylation sites (tertiary alicyclic amines) is 1. The molecule has 1 unspecified atom stereocenters. The lowest BCUT2D eigenvalue weighted by Gasteiger charge is -2.35. The van der Waals surface area contributed by atoms with Gasteiger partial charge in [0, 0.05) is 45.1 Å². The van der Waals surface area contributed by atoms with E-state index in [9.17, 15) is 14.3 Å². The van der Waals surface area contributed by atoms with Crippen LogP contribution in [-0.4, -0.2) is 39.2 Å². The Morgan fingerprint density at radius 1 is 1.23 bits per heavy atom. The highest BCUT2D eigenvalue weighted by Gasteiger charge is 2.34. The van der Waals surface area contributed by atoms with Crippen molar-refractivity contribution in [3.63, 3.8) is 0 Å². The molecule has 0 saturated carbocycles. The first-order chi connectivity index (χ1) is 14.5. The van der Waals surface area contributed by atoms with E-state index in [1.165, 1.54) is 12.1 Å². The van der Waals surface area contributed by atoms with Crippen LogP contribution in [0.2, 0.25) is 5.02 Å². The van der Waals surface area contributed by atoms with Gasteiger partial charge in [-0.05, 0) is 50.2 Å². The first-order valence-electron chi connectivity index (χ1n) is 9.79. The van der Waals surface area contributed by atoms with Crippen molar-refractivity contribution in [1.29, 1.82) is 0 Å². The Balaban J connectivity index is 1.39. The van der Waals surface area contributed by atoms with E-state index in [1.807, 2.05) is 11.0 Å². The molecule has 0 radical (unpaired) electrons. The van der Waals surface area contributed by atoms with Crippen LogP contribution in [0.25, 0.3) is 21.9 Å². The molecule has 0 amide bonds. The van der Waals surface area contributed by atoms with Crippen molar-refractivity contribution in [2.24, 2.45) is 0 Å². The summed E-state index contributed by atoms with van der Waals surface area (Å²) < 4.78 is 18.7. The Morgan fingerprint density at radius 3 is 2.77 bits per heavy atom. The molecule has 2 aromatic carbocycles. The summed E-state index contributed by atoms with van der Waals surface area (Å²) in [5.41, 5.74) is 2.81. The molecule has 3 heterocycles. The van der Waals surface area contributed by atoms with E-state index in [0.29, 0.717) is 23.7 Å². The number of fused-ring (bicyclic) bond motifs is 2. The molecular weight excluding hydrogens is 409 g/mol. The number of carbonyl (C=O) groups is 1. The lowest BCUT2D eigenvalue weighted by atomic mass is 9.90. The van der Waals surface area contributed by atoms with Crippen LogP contribution in [0.5, 0.6) is 0 Å². The van der Waals surface area contributed by atoms with Gasteiger partial charge in [0.25, 0.3) is 0 Å². The maximum Gasteiger partial charge on any atom is 0.325 e. The van der Waals surface area contributed by atoms with E-state index in [2.05, 4.69) is 10.1 Å². The highest BCUT2D eigenvalue weighted by Crippen LogP contribution is 2.37. The zero-order valence-corrected chi connectivity index (χ0v) is 16.7. The molecule has 8 heteroatoms. The maximum absolute atomic E-state index is 13.4. The topological polar surface area (TPSA) is 82.4 Å². The van der Waals surface area contributed by atoms with Crippen LogP contribution in [0, 0.1) is 5.82 Å². The molecule has 154 valence electrons. The van der Waals surface area contributed by atoms with Gasteiger partial charge in [0.1, 0.15) is 11.9 Å². The Kier molecular flexibility index (Phi) is 4.72. The van der Waals surface area contributed by atoms with Gasteiger partial charge in [-0.3, -0.25) is 9.69 Å². The Morgan fingerprint density at radius 2 is 2.00 bits per heavy atom. The van der Waals surface area contributed by atoms with Gasteiger partial charge in [0.2, 0.25) is 0 Å². The fraction of sp³-hybridized carbons (Fsp3) is 0.273. The smallest absolute Gasteiger partial charge is 0.325 e. The third-order valence-electron chi connectivity index (χ3n) is 5.95. The highest BCUT2D eigenvalue weighted by molar-refractivity contribution is 6.31. The van der Waals surface area contributed by atoms with E-state index < -0.39 is 12.0 Å². The number of hydrogen-bond acceptors (Lipinski definition) is 4. The van der Waals surface area contributed by atoms with Crippen molar-refractivity contribution in [3.8, 4) is 0 Å². The summed E-state index contributed by atoms with van der Waals surface area (Å²) in [5.74, 6) is -1.10. The number of rotatable bonds is 4. The summed E-state index contributed by atoms with van der Waals surface area (Å²) in [6, 6.07) is 9.11. The standard InChI is InChI=1S/C22H19ClFN3O3/c23-13-1-3-15-17(11-25-18(15)9-13)21(22(28)29)27-7-5-12(6-8-27)20-16-4-2-14(24)10-19(16)30-26-20/h1-4,9-12,21,25H,5-8H2,(H,28,29). The molecule has 30 heavy (non-hydrogen) atoms. The maximum atomic E-state index is 13.4. The molecule has 0 spiro atoms. The van der Waals surface area contributed by atoms with Crippen LogP contribution in [0.4, 0.5) is 4.39 Å². The van der Waals surface area contributed by atoms with Gasteiger partial charge in [-0.1, -0.05) is 22.8 Å². The number of carboxylic acid groups (broad SMARTS) is 1. The minimum absolute atomic E-state index is 0.143. The zero-order valence-electron chi connectivity index (χ0n) is 15.9. The number of aromatic nitrogens is 2. The molecule has 2 aromatic heterocycles.